The average Bonchev–Trinajstić information content (AvgIpc) is 2.71. The Hall–Kier alpha value is -2.11. The van der Waals surface area contributed by atoms with E-state index in [1.807, 2.05) is 20.8 Å². The lowest BCUT2D eigenvalue weighted by molar-refractivity contribution is -0.131. The molecule has 1 saturated heterocycles. The Morgan fingerprint density at radius 3 is 2.75 bits per heavy atom. The van der Waals surface area contributed by atoms with Gasteiger partial charge in [-0.05, 0) is 32.9 Å². The monoisotopic (exact) mass is 276 g/mol. The summed E-state index contributed by atoms with van der Waals surface area (Å²) in [6.45, 7) is 6.51. The average molecular weight is 276 g/mol. The summed E-state index contributed by atoms with van der Waals surface area (Å²) in [4.78, 5) is 29.5. The molecule has 0 aliphatic carbocycles. The molecule has 1 aliphatic heterocycles. The molecule has 1 unspecified atom stereocenters. The van der Waals surface area contributed by atoms with Crippen LogP contribution in [0, 0.1) is 0 Å². The van der Waals surface area contributed by atoms with Gasteiger partial charge in [0.1, 0.15) is 0 Å². The number of pyridine rings is 1. The highest BCUT2D eigenvalue weighted by Crippen LogP contribution is 2.21. The van der Waals surface area contributed by atoms with Gasteiger partial charge >= 0.3 is 6.03 Å². The molecule has 0 bridgehead atoms. The predicted octanol–water partition coefficient (Wildman–Crippen LogP) is 1.60. The second-order valence-electron chi connectivity index (χ2n) is 5.92. The number of urea groups is 1. The van der Waals surface area contributed by atoms with E-state index in [9.17, 15) is 9.59 Å². The highest BCUT2D eigenvalue weighted by molar-refractivity contribution is 5.90. The fourth-order valence-corrected chi connectivity index (χ4v) is 2.24. The van der Waals surface area contributed by atoms with E-state index in [0.717, 1.165) is 0 Å². The summed E-state index contributed by atoms with van der Waals surface area (Å²) in [6.07, 6.45) is 3.55. The van der Waals surface area contributed by atoms with Gasteiger partial charge in [-0.1, -0.05) is 0 Å². The summed E-state index contributed by atoms with van der Waals surface area (Å²) in [6, 6.07) is 3.04. The maximum Gasteiger partial charge on any atom is 0.319 e. The molecule has 6 nitrogen and oxygen atoms in total. The van der Waals surface area contributed by atoms with Gasteiger partial charge in [0.25, 0.3) is 0 Å². The van der Waals surface area contributed by atoms with Crippen molar-refractivity contribution in [1.29, 1.82) is 0 Å². The Morgan fingerprint density at radius 1 is 1.45 bits per heavy atom. The number of hydrogen-bond donors (Lipinski definition) is 2. The molecule has 2 heterocycles. The molecule has 108 valence electrons. The minimum absolute atomic E-state index is 0.0733. The molecule has 2 N–H and O–H groups in total. The normalized spacial score (nSPS) is 19.1. The van der Waals surface area contributed by atoms with Crippen LogP contribution < -0.4 is 10.6 Å². The SMILES string of the molecule is CC(C)(C)N1CC(NC(=O)Nc2cccnc2)CC1=O. The molecule has 3 amide bonds. The molecule has 6 heteroatoms. The number of rotatable bonds is 2. The number of anilines is 1. The van der Waals surface area contributed by atoms with Crippen LogP contribution in [0.2, 0.25) is 0 Å². The standard InChI is InChI=1S/C14H20N4O2/c1-14(2,3)18-9-11(7-12(18)19)17-13(20)16-10-5-4-6-15-8-10/h4-6,8,11H,7,9H2,1-3H3,(H2,16,17,20). The molecule has 2 rings (SSSR count). The summed E-state index contributed by atoms with van der Waals surface area (Å²) in [5.74, 6) is 0.0733. The third-order valence-corrected chi connectivity index (χ3v) is 3.19. The molecule has 1 atom stereocenters. The lowest BCUT2D eigenvalue weighted by Gasteiger charge is -2.32. The zero-order valence-corrected chi connectivity index (χ0v) is 12.0. The first kappa shape index (κ1) is 14.3. The van der Waals surface area contributed by atoms with Gasteiger partial charge in [-0.3, -0.25) is 9.78 Å². The van der Waals surface area contributed by atoms with Crippen molar-refractivity contribution in [1.82, 2.24) is 15.2 Å². The van der Waals surface area contributed by atoms with E-state index in [0.29, 0.717) is 18.7 Å². The number of carbonyl (C=O) groups is 2. The first-order chi connectivity index (χ1) is 9.36. The number of likely N-dealkylation sites (tertiary alicyclic amines) is 1. The van der Waals surface area contributed by atoms with Crippen LogP contribution in [0.25, 0.3) is 0 Å². The van der Waals surface area contributed by atoms with Crippen LogP contribution >= 0.6 is 0 Å². The van der Waals surface area contributed by atoms with Crippen LogP contribution in [0.5, 0.6) is 0 Å². The number of hydrogen-bond acceptors (Lipinski definition) is 3. The molecule has 20 heavy (non-hydrogen) atoms. The molecular weight excluding hydrogens is 256 g/mol. The highest BCUT2D eigenvalue weighted by Gasteiger charge is 2.36. The quantitative estimate of drug-likeness (QED) is 0.861. The third-order valence-electron chi connectivity index (χ3n) is 3.19. The first-order valence-corrected chi connectivity index (χ1v) is 6.64. The van der Waals surface area contributed by atoms with E-state index in [-0.39, 0.29) is 23.5 Å². The van der Waals surface area contributed by atoms with Crippen LogP contribution in [0.15, 0.2) is 24.5 Å². The van der Waals surface area contributed by atoms with Crippen molar-refractivity contribution < 1.29 is 9.59 Å². The van der Waals surface area contributed by atoms with Gasteiger partial charge in [-0.15, -0.1) is 0 Å². The largest absolute Gasteiger partial charge is 0.336 e. The number of aromatic nitrogens is 1. The Labute approximate surface area is 118 Å². The van der Waals surface area contributed by atoms with Crippen LogP contribution in [-0.2, 0) is 4.79 Å². The van der Waals surface area contributed by atoms with Crippen LogP contribution in [0.3, 0.4) is 0 Å². The van der Waals surface area contributed by atoms with E-state index in [4.69, 9.17) is 0 Å². The molecule has 0 radical (unpaired) electrons. The maximum atomic E-state index is 11.9. The van der Waals surface area contributed by atoms with Gasteiger partial charge in [0.15, 0.2) is 0 Å². The van der Waals surface area contributed by atoms with Crippen molar-refractivity contribution in [3.63, 3.8) is 0 Å². The van der Waals surface area contributed by atoms with Gasteiger partial charge in [-0.2, -0.15) is 0 Å². The van der Waals surface area contributed by atoms with Crippen molar-refractivity contribution in [3.8, 4) is 0 Å². The zero-order chi connectivity index (χ0) is 14.8. The number of nitrogens with one attached hydrogen (secondary N) is 2. The summed E-state index contributed by atoms with van der Waals surface area (Å²) in [7, 11) is 0. The number of amides is 3. The second-order valence-corrected chi connectivity index (χ2v) is 5.92. The van der Waals surface area contributed by atoms with Gasteiger partial charge in [-0.25, -0.2) is 4.79 Å². The second kappa shape index (κ2) is 5.48. The van der Waals surface area contributed by atoms with Crippen molar-refractivity contribution >= 4 is 17.6 Å². The van der Waals surface area contributed by atoms with Gasteiger partial charge < -0.3 is 15.5 Å². The zero-order valence-electron chi connectivity index (χ0n) is 12.0. The first-order valence-electron chi connectivity index (χ1n) is 6.64. The van der Waals surface area contributed by atoms with Gasteiger partial charge in [0.05, 0.1) is 17.9 Å². The van der Waals surface area contributed by atoms with E-state index in [1.54, 1.807) is 29.4 Å². The van der Waals surface area contributed by atoms with E-state index < -0.39 is 0 Å². The van der Waals surface area contributed by atoms with Crippen LogP contribution in [0.1, 0.15) is 27.2 Å². The Bertz CT molecular complexity index is 496. The summed E-state index contributed by atoms with van der Waals surface area (Å²) in [5, 5.41) is 5.51. The Morgan fingerprint density at radius 2 is 2.20 bits per heavy atom. The lowest BCUT2D eigenvalue weighted by Crippen LogP contribution is -2.45. The molecule has 0 spiro atoms. The maximum absolute atomic E-state index is 11.9. The third kappa shape index (κ3) is 3.46. The van der Waals surface area contributed by atoms with Gasteiger partial charge in [0.2, 0.25) is 5.91 Å². The van der Waals surface area contributed by atoms with E-state index in [1.165, 1.54) is 0 Å². The van der Waals surface area contributed by atoms with E-state index in [2.05, 4.69) is 15.6 Å². The Kier molecular flexibility index (Phi) is 3.92. The van der Waals surface area contributed by atoms with E-state index >= 15 is 0 Å². The molecule has 1 fully saturated rings. The Balaban J connectivity index is 1.89. The molecular formula is C14H20N4O2. The van der Waals surface area contributed by atoms with Crippen molar-refractivity contribution in [2.75, 3.05) is 11.9 Å². The molecule has 1 aromatic heterocycles. The van der Waals surface area contributed by atoms with Crippen LogP contribution in [0.4, 0.5) is 10.5 Å². The van der Waals surface area contributed by atoms with Crippen molar-refractivity contribution in [2.24, 2.45) is 0 Å². The fourth-order valence-electron chi connectivity index (χ4n) is 2.24. The molecule has 0 saturated carbocycles. The molecule has 0 aromatic carbocycles. The van der Waals surface area contributed by atoms with Gasteiger partial charge in [0, 0.05) is 24.7 Å². The topological polar surface area (TPSA) is 74.3 Å². The summed E-state index contributed by atoms with van der Waals surface area (Å²) in [5.41, 5.74) is 0.412. The smallest absolute Gasteiger partial charge is 0.319 e. The molecule has 1 aliphatic rings. The predicted molar refractivity (Wildman–Crippen MR) is 76.3 cm³/mol. The minimum Gasteiger partial charge on any atom is -0.336 e. The number of carbonyl (C=O) groups excluding carboxylic acids is 2. The summed E-state index contributed by atoms with van der Waals surface area (Å²) < 4.78 is 0. The highest BCUT2D eigenvalue weighted by atomic mass is 16.2. The summed E-state index contributed by atoms with van der Waals surface area (Å²) >= 11 is 0. The van der Waals surface area contributed by atoms with Crippen molar-refractivity contribution in [3.05, 3.63) is 24.5 Å². The number of nitrogens with zero attached hydrogens (tertiary/aromatic N) is 2. The fraction of sp³-hybridized carbons (Fsp3) is 0.500. The lowest BCUT2D eigenvalue weighted by atomic mass is 10.1. The van der Waals surface area contributed by atoms with Crippen molar-refractivity contribution in [2.45, 2.75) is 38.8 Å². The minimum atomic E-state index is -0.313. The van der Waals surface area contributed by atoms with Crippen LogP contribution in [-0.4, -0.2) is 39.9 Å². The molecule has 1 aromatic rings.